The van der Waals surface area contributed by atoms with Crippen molar-refractivity contribution in [1.29, 1.82) is 0 Å². The summed E-state index contributed by atoms with van der Waals surface area (Å²) in [5.74, 6) is 3.08. The molecule has 1 aromatic carbocycles. The van der Waals surface area contributed by atoms with Crippen LogP contribution in [0.15, 0.2) is 42.7 Å². The van der Waals surface area contributed by atoms with Gasteiger partial charge in [-0.3, -0.25) is 4.98 Å². The Balaban J connectivity index is 1.53. The molecular formula is C21H18N4O2S. The lowest BCUT2D eigenvalue weighted by Crippen LogP contribution is -2.04. The van der Waals surface area contributed by atoms with E-state index in [0.717, 1.165) is 38.7 Å². The molecule has 1 aliphatic heterocycles. The summed E-state index contributed by atoms with van der Waals surface area (Å²) >= 11 is 1.69. The zero-order valence-electron chi connectivity index (χ0n) is 15.5. The first-order chi connectivity index (χ1) is 13.7. The standard InChI is InChI=1S/C21H18N4O2S/c1-12-13(2)28-21-18(12)20(24-19(25-21)15-4-3-7-22-10-15)23-9-14-5-6-16-17(8-14)27-11-26-16/h3-8,10H,9,11H2,1-2H3,(H,23,24,25). The average Bonchev–Trinajstić information content (AvgIpc) is 3.30. The number of nitrogens with one attached hydrogen (secondary N) is 1. The van der Waals surface area contributed by atoms with E-state index >= 15 is 0 Å². The van der Waals surface area contributed by atoms with Gasteiger partial charge in [-0.1, -0.05) is 6.07 Å². The molecule has 0 unspecified atom stereocenters. The maximum absolute atomic E-state index is 5.48. The second kappa shape index (κ2) is 6.76. The first kappa shape index (κ1) is 16.9. The Hall–Kier alpha value is -3.19. The molecule has 0 atom stereocenters. The van der Waals surface area contributed by atoms with Crippen molar-refractivity contribution in [3.63, 3.8) is 0 Å². The average molecular weight is 390 g/mol. The number of thiophene rings is 1. The van der Waals surface area contributed by atoms with Crippen molar-refractivity contribution in [2.75, 3.05) is 12.1 Å². The second-order valence-electron chi connectivity index (χ2n) is 6.64. The van der Waals surface area contributed by atoms with Gasteiger partial charge in [-0.2, -0.15) is 0 Å². The Morgan fingerprint density at radius 2 is 2.00 bits per heavy atom. The van der Waals surface area contributed by atoms with E-state index in [1.807, 2.05) is 30.3 Å². The van der Waals surface area contributed by atoms with Crippen LogP contribution in [0.3, 0.4) is 0 Å². The van der Waals surface area contributed by atoms with Crippen molar-refractivity contribution < 1.29 is 9.47 Å². The summed E-state index contributed by atoms with van der Waals surface area (Å²) in [7, 11) is 0. The predicted octanol–water partition coefficient (Wildman–Crippen LogP) is 4.71. The van der Waals surface area contributed by atoms with Crippen LogP contribution in [0.25, 0.3) is 21.6 Å². The van der Waals surface area contributed by atoms with Crippen LogP contribution in [-0.4, -0.2) is 21.7 Å². The number of pyridine rings is 1. The van der Waals surface area contributed by atoms with Crippen molar-refractivity contribution in [2.24, 2.45) is 0 Å². The first-order valence-corrected chi connectivity index (χ1v) is 9.81. The van der Waals surface area contributed by atoms with Crippen LogP contribution in [0.2, 0.25) is 0 Å². The van der Waals surface area contributed by atoms with E-state index < -0.39 is 0 Å². The van der Waals surface area contributed by atoms with Crippen LogP contribution in [0.1, 0.15) is 16.0 Å². The summed E-state index contributed by atoms with van der Waals surface area (Å²) in [6, 6.07) is 9.85. The Labute approximate surface area is 166 Å². The second-order valence-corrected chi connectivity index (χ2v) is 7.85. The zero-order chi connectivity index (χ0) is 19.1. The summed E-state index contributed by atoms with van der Waals surface area (Å²) in [5.41, 5.74) is 3.22. The summed E-state index contributed by atoms with van der Waals surface area (Å²) < 4.78 is 10.9. The summed E-state index contributed by atoms with van der Waals surface area (Å²) in [6.07, 6.45) is 3.54. The summed E-state index contributed by atoms with van der Waals surface area (Å²) in [4.78, 5) is 16.0. The van der Waals surface area contributed by atoms with E-state index in [-0.39, 0.29) is 6.79 Å². The fraction of sp³-hybridized carbons (Fsp3) is 0.190. The molecule has 0 saturated carbocycles. The molecule has 4 aromatic rings. The van der Waals surface area contributed by atoms with Crippen molar-refractivity contribution in [1.82, 2.24) is 15.0 Å². The third-order valence-electron chi connectivity index (χ3n) is 4.85. The van der Waals surface area contributed by atoms with Gasteiger partial charge in [0.15, 0.2) is 17.3 Å². The van der Waals surface area contributed by atoms with E-state index in [0.29, 0.717) is 12.4 Å². The van der Waals surface area contributed by atoms with E-state index in [1.54, 1.807) is 23.7 Å². The minimum absolute atomic E-state index is 0.278. The largest absolute Gasteiger partial charge is 0.454 e. The Bertz CT molecular complexity index is 1170. The van der Waals surface area contributed by atoms with E-state index in [2.05, 4.69) is 24.1 Å². The van der Waals surface area contributed by atoms with Gasteiger partial charge in [0, 0.05) is 29.4 Å². The molecule has 0 fully saturated rings. The third-order valence-corrected chi connectivity index (χ3v) is 5.95. The highest BCUT2D eigenvalue weighted by molar-refractivity contribution is 7.18. The van der Waals surface area contributed by atoms with Gasteiger partial charge in [-0.15, -0.1) is 11.3 Å². The molecule has 0 amide bonds. The molecule has 0 saturated heterocycles. The molecule has 4 heterocycles. The van der Waals surface area contributed by atoms with Crippen LogP contribution in [0, 0.1) is 13.8 Å². The number of hydrogen-bond acceptors (Lipinski definition) is 7. The highest BCUT2D eigenvalue weighted by atomic mass is 32.1. The number of nitrogens with zero attached hydrogens (tertiary/aromatic N) is 3. The lowest BCUT2D eigenvalue weighted by atomic mass is 10.1. The molecule has 0 bridgehead atoms. The molecular weight excluding hydrogens is 372 g/mol. The van der Waals surface area contributed by atoms with E-state index in [1.165, 1.54) is 10.4 Å². The minimum atomic E-state index is 0.278. The smallest absolute Gasteiger partial charge is 0.231 e. The van der Waals surface area contributed by atoms with Gasteiger partial charge in [0.25, 0.3) is 0 Å². The Morgan fingerprint density at radius 1 is 1.11 bits per heavy atom. The molecule has 28 heavy (non-hydrogen) atoms. The molecule has 0 spiro atoms. The van der Waals surface area contributed by atoms with Gasteiger partial charge in [0.1, 0.15) is 10.6 Å². The SMILES string of the molecule is Cc1sc2nc(-c3cccnc3)nc(NCc3ccc4c(c3)OCO4)c2c1C. The number of ether oxygens (including phenoxy) is 2. The molecule has 5 rings (SSSR count). The van der Waals surface area contributed by atoms with Crippen molar-refractivity contribution in [3.8, 4) is 22.9 Å². The number of anilines is 1. The number of fused-ring (bicyclic) bond motifs is 2. The maximum Gasteiger partial charge on any atom is 0.231 e. The molecule has 1 aliphatic rings. The highest BCUT2D eigenvalue weighted by Crippen LogP contribution is 2.36. The Morgan fingerprint density at radius 3 is 2.86 bits per heavy atom. The number of rotatable bonds is 4. The molecule has 6 nitrogen and oxygen atoms in total. The molecule has 140 valence electrons. The Kier molecular flexibility index (Phi) is 4.09. The van der Waals surface area contributed by atoms with Crippen LogP contribution < -0.4 is 14.8 Å². The van der Waals surface area contributed by atoms with Crippen LogP contribution in [0.4, 0.5) is 5.82 Å². The lowest BCUT2D eigenvalue weighted by molar-refractivity contribution is 0.174. The van der Waals surface area contributed by atoms with Gasteiger partial charge in [-0.25, -0.2) is 9.97 Å². The zero-order valence-corrected chi connectivity index (χ0v) is 16.3. The van der Waals surface area contributed by atoms with Gasteiger partial charge in [0.2, 0.25) is 6.79 Å². The molecule has 3 aromatic heterocycles. The van der Waals surface area contributed by atoms with E-state index in [9.17, 15) is 0 Å². The molecule has 7 heteroatoms. The van der Waals surface area contributed by atoms with Crippen LogP contribution in [0.5, 0.6) is 11.5 Å². The number of hydrogen-bond donors (Lipinski definition) is 1. The number of aromatic nitrogens is 3. The highest BCUT2D eigenvalue weighted by Gasteiger charge is 2.17. The van der Waals surface area contributed by atoms with Crippen molar-refractivity contribution in [2.45, 2.75) is 20.4 Å². The molecule has 0 aliphatic carbocycles. The third kappa shape index (κ3) is 2.93. The molecule has 0 radical (unpaired) electrons. The van der Waals surface area contributed by atoms with Gasteiger partial charge < -0.3 is 14.8 Å². The van der Waals surface area contributed by atoms with Gasteiger partial charge in [0.05, 0.1) is 5.39 Å². The van der Waals surface area contributed by atoms with Gasteiger partial charge in [-0.05, 0) is 49.2 Å². The van der Waals surface area contributed by atoms with Gasteiger partial charge >= 0.3 is 0 Å². The fourth-order valence-electron chi connectivity index (χ4n) is 3.24. The van der Waals surface area contributed by atoms with E-state index in [4.69, 9.17) is 19.4 Å². The summed E-state index contributed by atoms with van der Waals surface area (Å²) in [6.45, 7) is 5.14. The van der Waals surface area contributed by atoms with Crippen molar-refractivity contribution in [3.05, 3.63) is 58.7 Å². The quantitative estimate of drug-likeness (QED) is 0.544. The normalized spacial score (nSPS) is 12.5. The summed E-state index contributed by atoms with van der Waals surface area (Å²) in [5, 5.41) is 4.58. The van der Waals surface area contributed by atoms with Crippen LogP contribution >= 0.6 is 11.3 Å². The monoisotopic (exact) mass is 390 g/mol. The first-order valence-electron chi connectivity index (χ1n) is 8.99. The maximum atomic E-state index is 5.48. The predicted molar refractivity (Wildman–Crippen MR) is 110 cm³/mol. The topological polar surface area (TPSA) is 69.2 Å². The van der Waals surface area contributed by atoms with Crippen LogP contribution in [-0.2, 0) is 6.54 Å². The number of aryl methyl sites for hydroxylation is 2. The van der Waals surface area contributed by atoms with Crippen molar-refractivity contribution >= 4 is 27.4 Å². The molecule has 1 N–H and O–H groups in total. The minimum Gasteiger partial charge on any atom is -0.454 e. The number of benzene rings is 1. The lowest BCUT2D eigenvalue weighted by Gasteiger charge is -2.10. The fourth-order valence-corrected chi connectivity index (χ4v) is 4.27.